The number of amides is 2. The molecule has 2 amide bonds. The molecule has 6 heteroatoms. The van der Waals surface area contributed by atoms with Crippen molar-refractivity contribution in [3.8, 4) is 5.75 Å². The highest BCUT2D eigenvalue weighted by Crippen LogP contribution is 2.41. The number of likely N-dealkylation sites (tertiary alicyclic amines) is 1. The fraction of sp³-hybridized carbons (Fsp3) is 0.500. The van der Waals surface area contributed by atoms with Gasteiger partial charge in [0.05, 0.1) is 7.11 Å². The fourth-order valence-corrected chi connectivity index (χ4v) is 3.76. The molecule has 3 unspecified atom stereocenters. The number of hydrogen-bond donors (Lipinski definition) is 0. The molecule has 128 valence electrons. The maximum atomic E-state index is 12.7. The minimum absolute atomic E-state index is 0.0290. The highest BCUT2D eigenvalue weighted by molar-refractivity contribution is 6.05. The van der Waals surface area contributed by atoms with Gasteiger partial charge < -0.3 is 9.47 Å². The lowest BCUT2D eigenvalue weighted by Crippen LogP contribution is -2.48. The van der Waals surface area contributed by atoms with Crippen molar-refractivity contribution < 1.29 is 23.9 Å². The van der Waals surface area contributed by atoms with Crippen LogP contribution in [0.25, 0.3) is 0 Å². The highest BCUT2D eigenvalue weighted by atomic mass is 16.5. The summed E-state index contributed by atoms with van der Waals surface area (Å²) in [6.45, 7) is 1.75. The number of imide groups is 1. The minimum atomic E-state index is -0.315. The Morgan fingerprint density at radius 3 is 2.46 bits per heavy atom. The average Bonchev–Trinajstić information content (AvgIpc) is 2.98. The molecular weight excluding hydrogens is 310 g/mol. The number of hydrogen-bond acceptors (Lipinski definition) is 5. The van der Waals surface area contributed by atoms with Crippen molar-refractivity contribution in [3.05, 3.63) is 29.8 Å². The predicted molar refractivity (Wildman–Crippen MR) is 85.4 cm³/mol. The molecule has 0 spiro atoms. The maximum Gasteiger partial charge on any atom is 0.302 e. The van der Waals surface area contributed by atoms with Crippen LogP contribution >= 0.6 is 0 Å². The molecule has 3 atom stereocenters. The molecule has 24 heavy (non-hydrogen) atoms. The van der Waals surface area contributed by atoms with Gasteiger partial charge in [-0.15, -0.1) is 0 Å². The standard InChI is InChI=1S/C18H21NO5/c1-11(20)24-16-8-7-15-14(16)9-10-19(18(15)22)17(21)12-3-5-13(23-2)6-4-12/h3-6,14-16H,7-10H2,1-2H3. The first-order chi connectivity index (χ1) is 11.5. The second-order valence-electron chi connectivity index (χ2n) is 6.31. The van der Waals surface area contributed by atoms with Gasteiger partial charge in [0.1, 0.15) is 11.9 Å². The third kappa shape index (κ3) is 3.00. The monoisotopic (exact) mass is 331 g/mol. The van der Waals surface area contributed by atoms with Crippen molar-refractivity contribution in [2.45, 2.75) is 32.3 Å². The van der Waals surface area contributed by atoms with Crippen molar-refractivity contribution in [2.24, 2.45) is 11.8 Å². The number of fused-ring (bicyclic) bond motifs is 1. The van der Waals surface area contributed by atoms with E-state index >= 15 is 0 Å². The fourth-order valence-electron chi connectivity index (χ4n) is 3.76. The highest BCUT2D eigenvalue weighted by Gasteiger charge is 2.47. The number of ether oxygens (including phenoxy) is 2. The zero-order valence-electron chi connectivity index (χ0n) is 13.9. The summed E-state index contributed by atoms with van der Waals surface area (Å²) in [7, 11) is 1.56. The van der Waals surface area contributed by atoms with E-state index in [4.69, 9.17) is 9.47 Å². The normalized spacial score (nSPS) is 26.0. The SMILES string of the molecule is COc1ccc(C(=O)N2CCC3C(OC(C)=O)CCC3C2=O)cc1. The van der Waals surface area contributed by atoms with Crippen molar-refractivity contribution in [2.75, 3.05) is 13.7 Å². The first-order valence-corrected chi connectivity index (χ1v) is 8.18. The van der Waals surface area contributed by atoms with Crippen LogP contribution in [0, 0.1) is 11.8 Å². The van der Waals surface area contributed by atoms with Gasteiger partial charge in [0, 0.05) is 30.9 Å². The summed E-state index contributed by atoms with van der Waals surface area (Å²) >= 11 is 0. The molecule has 0 aromatic heterocycles. The van der Waals surface area contributed by atoms with Gasteiger partial charge in [-0.2, -0.15) is 0 Å². The molecule has 1 aromatic rings. The maximum absolute atomic E-state index is 12.7. The molecule has 1 aromatic carbocycles. The van der Waals surface area contributed by atoms with Crippen LogP contribution in [0.15, 0.2) is 24.3 Å². The second kappa shape index (κ2) is 6.63. The molecule has 1 heterocycles. The summed E-state index contributed by atoms with van der Waals surface area (Å²) in [4.78, 5) is 37.9. The Morgan fingerprint density at radius 1 is 1.12 bits per heavy atom. The van der Waals surface area contributed by atoms with Crippen molar-refractivity contribution >= 4 is 17.8 Å². The summed E-state index contributed by atoms with van der Waals surface area (Å²) in [6, 6.07) is 6.74. The van der Waals surface area contributed by atoms with Gasteiger partial charge in [0.2, 0.25) is 5.91 Å². The van der Waals surface area contributed by atoms with Crippen LogP contribution in [-0.4, -0.2) is 42.4 Å². The Morgan fingerprint density at radius 2 is 1.83 bits per heavy atom. The number of methoxy groups -OCH3 is 1. The van der Waals surface area contributed by atoms with Crippen LogP contribution in [-0.2, 0) is 14.3 Å². The zero-order valence-corrected chi connectivity index (χ0v) is 13.9. The van der Waals surface area contributed by atoms with Gasteiger partial charge >= 0.3 is 5.97 Å². The number of carbonyl (C=O) groups is 3. The molecule has 1 aliphatic carbocycles. The van der Waals surface area contributed by atoms with Gasteiger partial charge in [-0.3, -0.25) is 19.3 Å². The number of piperidine rings is 1. The van der Waals surface area contributed by atoms with Crippen LogP contribution in [0.5, 0.6) is 5.75 Å². The van der Waals surface area contributed by atoms with E-state index in [-0.39, 0.29) is 35.7 Å². The van der Waals surface area contributed by atoms with Crippen LogP contribution in [0.1, 0.15) is 36.5 Å². The molecule has 3 rings (SSSR count). The van der Waals surface area contributed by atoms with E-state index in [1.807, 2.05) is 0 Å². The van der Waals surface area contributed by atoms with Crippen molar-refractivity contribution in [1.29, 1.82) is 0 Å². The van der Waals surface area contributed by atoms with E-state index < -0.39 is 0 Å². The molecule has 1 saturated heterocycles. The molecule has 0 bridgehead atoms. The van der Waals surface area contributed by atoms with Crippen LogP contribution in [0.3, 0.4) is 0 Å². The predicted octanol–water partition coefficient (Wildman–Crippen LogP) is 2.03. The third-order valence-corrected chi connectivity index (χ3v) is 4.93. The van der Waals surface area contributed by atoms with Gasteiger partial charge in [0.25, 0.3) is 5.91 Å². The first kappa shape index (κ1) is 16.5. The van der Waals surface area contributed by atoms with E-state index in [2.05, 4.69) is 0 Å². The molecule has 2 aliphatic rings. The number of carbonyl (C=O) groups excluding carboxylic acids is 3. The lowest BCUT2D eigenvalue weighted by Gasteiger charge is -2.34. The van der Waals surface area contributed by atoms with E-state index in [1.165, 1.54) is 11.8 Å². The van der Waals surface area contributed by atoms with Gasteiger partial charge in [-0.05, 0) is 43.5 Å². The largest absolute Gasteiger partial charge is 0.497 e. The van der Waals surface area contributed by atoms with Crippen molar-refractivity contribution in [1.82, 2.24) is 4.90 Å². The Balaban J connectivity index is 1.72. The summed E-state index contributed by atoms with van der Waals surface area (Å²) in [5.41, 5.74) is 0.470. The zero-order chi connectivity index (χ0) is 17.3. The molecule has 0 N–H and O–H groups in total. The summed E-state index contributed by atoms with van der Waals surface area (Å²) in [6.07, 6.45) is 1.82. The smallest absolute Gasteiger partial charge is 0.302 e. The number of nitrogens with zero attached hydrogens (tertiary/aromatic N) is 1. The summed E-state index contributed by atoms with van der Waals surface area (Å²) in [5.74, 6) is -0.285. The Hall–Kier alpha value is -2.37. The van der Waals surface area contributed by atoms with E-state index in [0.717, 1.165) is 0 Å². The molecular formula is C18H21NO5. The molecule has 6 nitrogen and oxygen atoms in total. The van der Waals surface area contributed by atoms with Crippen LogP contribution < -0.4 is 4.74 Å². The number of esters is 1. The van der Waals surface area contributed by atoms with Gasteiger partial charge in [0.15, 0.2) is 0 Å². The van der Waals surface area contributed by atoms with E-state index in [9.17, 15) is 14.4 Å². The Labute approximate surface area is 140 Å². The molecule has 1 saturated carbocycles. The summed E-state index contributed by atoms with van der Waals surface area (Å²) < 4.78 is 10.4. The topological polar surface area (TPSA) is 72.9 Å². The van der Waals surface area contributed by atoms with Crippen LogP contribution in [0.2, 0.25) is 0 Å². The molecule has 0 radical (unpaired) electrons. The lowest BCUT2D eigenvalue weighted by molar-refractivity contribution is -0.152. The Bertz CT molecular complexity index is 654. The second-order valence-corrected chi connectivity index (χ2v) is 6.31. The molecule has 1 aliphatic heterocycles. The lowest BCUT2D eigenvalue weighted by atomic mass is 9.86. The number of benzene rings is 1. The quantitative estimate of drug-likeness (QED) is 0.626. The first-order valence-electron chi connectivity index (χ1n) is 8.18. The van der Waals surface area contributed by atoms with Gasteiger partial charge in [-0.25, -0.2) is 0 Å². The van der Waals surface area contributed by atoms with Gasteiger partial charge in [-0.1, -0.05) is 0 Å². The minimum Gasteiger partial charge on any atom is -0.497 e. The Kier molecular flexibility index (Phi) is 4.55. The average molecular weight is 331 g/mol. The van der Waals surface area contributed by atoms with E-state index in [1.54, 1.807) is 31.4 Å². The van der Waals surface area contributed by atoms with E-state index in [0.29, 0.717) is 37.1 Å². The summed E-state index contributed by atoms with van der Waals surface area (Å²) in [5, 5.41) is 0. The third-order valence-electron chi connectivity index (χ3n) is 4.93. The number of rotatable bonds is 3. The van der Waals surface area contributed by atoms with Crippen molar-refractivity contribution in [3.63, 3.8) is 0 Å². The molecule has 2 fully saturated rings. The van der Waals surface area contributed by atoms with Crippen LogP contribution in [0.4, 0.5) is 0 Å².